The number of anilines is 2. The van der Waals surface area contributed by atoms with Gasteiger partial charge in [0.15, 0.2) is 0 Å². The highest BCUT2D eigenvalue weighted by Gasteiger charge is 2.27. The van der Waals surface area contributed by atoms with Crippen molar-refractivity contribution in [2.75, 3.05) is 49.6 Å². The lowest BCUT2D eigenvalue weighted by molar-refractivity contribution is -0.135. The van der Waals surface area contributed by atoms with Gasteiger partial charge in [0.05, 0.1) is 5.75 Å². The summed E-state index contributed by atoms with van der Waals surface area (Å²) in [6.07, 6.45) is 18.2. The van der Waals surface area contributed by atoms with Crippen LogP contribution in [-0.4, -0.2) is 94.1 Å². The third-order valence-corrected chi connectivity index (χ3v) is 13.2. The average Bonchev–Trinajstić information content (AvgIpc) is 3.99. The summed E-state index contributed by atoms with van der Waals surface area (Å²) in [7, 11) is -2.11. The van der Waals surface area contributed by atoms with Gasteiger partial charge >= 0.3 is 12.1 Å². The number of fused-ring (bicyclic) bond motifs is 4. The van der Waals surface area contributed by atoms with Gasteiger partial charge in [0.1, 0.15) is 13.1 Å². The van der Waals surface area contributed by atoms with E-state index in [0.717, 1.165) is 119 Å². The van der Waals surface area contributed by atoms with Crippen molar-refractivity contribution in [3.8, 4) is 0 Å². The van der Waals surface area contributed by atoms with Gasteiger partial charge in [0, 0.05) is 69.6 Å². The summed E-state index contributed by atoms with van der Waals surface area (Å²) in [6.45, 7) is 5.36. The summed E-state index contributed by atoms with van der Waals surface area (Å²) in [5, 5.41) is 8.52. The molecule has 2 heterocycles. The number of hydrogen-bond donors (Lipinski definition) is 4. The van der Waals surface area contributed by atoms with E-state index in [2.05, 4.69) is 32.8 Å². The number of hydrogen-bond acceptors (Lipinski definition) is 8. The van der Waals surface area contributed by atoms with Crippen molar-refractivity contribution in [2.24, 2.45) is 0 Å². The third kappa shape index (κ3) is 11.4. The van der Waals surface area contributed by atoms with E-state index in [1.165, 1.54) is 59.1 Å². The van der Waals surface area contributed by atoms with E-state index >= 15 is 0 Å². The molecule has 0 radical (unpaired) electrons. The Balaban J connectivity index is 0.000000486. The molecule has 14 nitrogen and oxygen atoms in total. The molecule has 4 aliphatic carbocycles. The predicted octanol–water partition coefficient (Wildman–Crippen LogP) is 5.93. The Morgan fingerprint density at radius 3 is 1.40 bits per heavy atom. The molecule has 6 aliphatic rings. The highest BCUT2D eigenvalue weighted by atomic mass is 32.2. The van der Waals surface area contributed by atoms with Gasteiger partial charge in [-0.2, -0.15) is 0 Å². The summed E-state index contributed by atoms with van der Waals surface area (Å²) in [5.41, 5.74) is 12.5. The molecule has 0 atom stereocenters. The molecule has 2 saturated heterocycles. The first-order chi connectivity index (χ1) is 28.1. The number of amides is 6. The minimum atomic E-state index is -3.77. The minimum Gasteiger partial charge on any atom is -0.343 e. The second-order valence-electron chi connectivity index (χ2n) is 15.7. The van der Waals surface area contributed by atoms with E-state index in [1.807, 2.05) is 11.7 Å². The van der Waals surface area contributed by atoms with Gasteiger partial charge in [0.2, 0.25) is 21.8 Å². The number of likely N-dealkylation sites (tertiary alicyclic amines) is 2. The maximum absolute atomic E-state index is 12.4. The predicted molar refractivity (Wildman–Crippen MR) is 232 cm³/mol. The van der Waals surface area contributed by atoms with E-state index in [9.17, 15) is 32.4 Å². The molecule has 8 rings (SSSR count). The smallest absolute Gasteiger partial charge is 0.332 e. The minimum absolute atomic E-state index is 0. The summed E-state index contributed by atoms with van der Waals surface area (Å²) >= 11 is 0. The van der Waals surface area contributed by atoms with Crippen molar-refractivity contribution in [1.82, 2.24) is 19.8 Å². The summed E-state index contributed by atoms with van der Waals surface area (Å²) in [5.74, 6) is -0.0372. The standard InChI is InChI=1S/C20H27N3O4S.C14H18N2O.C8H13NO2.CH2O.4H2/c24-18(23-10-4-11-23)9-3-12-28(26,27)22-20(25)21-19-16-7-1-5-14(16)13-15-6-2-8-17(15)19;1-15-14(17)16-13-11-6-2-4-9(11)8-10-5-3-7-12(10)13;10-7-2-1-4-8(11)9-5-3-6-9;1-2;;;;/h13H,1-12H2,(H2,21,22,25);8H,2-7H2,1H3,(H2,15,16,17);7H,1-6H2;1H2;4*1H. The van der Waals surface area contributed by atoms with Crippen LogP contribution in [0, 0.1) is 0 Å². The number of aryl methyl sites for hydroxylation is 4. The molecule has 324 valence electrons. The van der Waals surface area contributed by atoms with Crippen LogP contribution in [0.1, 0.15) is 121 Å². The van der Waals surface area contributed by atoms with Crippen molar-refractivity contribution in [3.63, 3.8) is 0 Å². The van der Waals surface area contributed by atoms with Crippen LogP contribution in [0.5, 0.6) is 0 Å². The lowest BCUT2D eigenvalue weighted by atomic mass is 9.99. The van der Waals surface area contributed by atoms with Crippen LogP contribution < -0.4 is 20.7 Å². The lowest BCUT2D eigenvalue weighted by Gasteiger charge is -2.30. The number of aldehydes is 1. The first kappa shape index (κ1) is 44.3. The molecule has 15 heteroatoms. The molecule has 0 bridgehead atoms. The highest BCUT2D eigenvalue weighted by Crippen LogP contribution is 2.39. The summed E-state index contributed by atoms with van der Waals surface area (Å²) in [6, 6.07) is 3.84. The molecule has 0 spiro atoms. The second-order valence-corrected chi connectivity index (χ2v) is 17.5. The van der Waals surface area contributed by atoms with Crippen molar-refractivity contribution in [3.05, 3.63) is 56.6 Å². The Bertz CT molecular complexity index is 1900. The van der Waals surface area contributed by atoms with Crippen LogP contribution >= 0.6 is 0 Å². The summed E-state index contributed by atoms with van der Waals surface area (Å²) < 4.78 is 26.6. The molecule has 0 saturated carbocycles. The Labute approximate surface area is 348 Å². The van der Waals surface area contributed by atoms with Crippen LogP contribution in [0.4, 0.5) is 21.0 Å². The number of carbonyl (C=O) groups is 6. The fourth-order valence-electron chi connectivity index (χ4n) is 8.64. The summed E-state index contributed by atoms with van der Waals surface area (Å²) in [4.78, 5) is 68.4. The average molecular weight is 829 g/mol. The maximum atomic E-state index is 12.4. The SMILES string of the molecule is C=O.CNC(=O)Nc1c2c(cc3c1CCC3)CCC2.O=C(Nc1c2c(cc3c1CCC3)CCC2)NS(=O)(=O)CCCC(=O)N1CCC1.O=CCCCC(=O)N1CCC1.[HH].[HH].[HH].[HH]. The number of nitrogens with one attached hydrogen (secondary N) is 4. The first-order valence-corrected chi connectivity index (χ1v) is 22.6. The molecule has 2 fully saturated rings. The van der Waals surface area contributed by atoms with E-state index < -0.39 is 16.1 Å². The lowest BCUT2D eigenvalue weighted by Crippen LogP contribution is -2.42. The Kier molecular flexibility index (Phi) is 16.3. The number of benzene rings is 2. The second kappa shape index (κ2) is 21.3. The first-order valence-electron chi connectivity index (χ1n) is 21.0. The zero-order valence-electron chi connectivity index (χ0n) is 34.0. The van der Waals surface area contributed by atoms with Gasteiger partial charge in [0.25, 0.3) is 0 Å². The Morgan fingerprint density at radius 1 is 0.638 bits per heavy atom. The van der Waals surface area contributed by atoms with Crippen LogP contribution in [0.3, 0.4) is 0 Å². The van der Waals surface area contributed by atoms with Crippen LogP contribution in [0.25, 0.3) is 0 Å². The molecule has 6 amide bonds. The zero-order chi connectivity index (χ0) is 41.7. The van der Waals surface area contributed by atoms with Gasteiger partial charge in [-0.25, -0.2) is 22.7 Å². The number of sulfonamides is 1. The van der Waals surface area contributed by atoms with Crippen molar-refractivity contribution >= 4 is 58.3 Å². The zero-order valence-corrected chi connectivity index (χ0v) is 34.8. The normalized spacial score (nSPS) is 16.4. The fraction of sp³-hybridized carbons (Fsp3) is 0.581. The van der Waals surface area contributed by atoms with Crippen LogP contribution in [0.2, 0.25) is 0 Å². The number of unbranched alkanes of at least 4 members (excludes halogenated alkanes) is 1. The van der Waals surface area contributed by atoms with Gasteiger partial charge in [-0.15, -0.1) is 0 Å². The quantitative estimate of drug-likeness (QED) is 0.158. The van der Waals surface area contributed by atoms with Crippen molar-refractivity contribution < 1.29 is 42.9 Å². The maximum Gasteiger partial charge on any atom is 0.332 e. The topological polar surface area (TPSA) is 191 Å². The molecular weight excluding hydrogens is 761 g/mol. The Morgan fingerprint density at radius 2 is 1.03 bits per heavy atom. The van der Waals surface area contributed by atoms with Gasteiger partial charge in [-0.05, 0) is 147 Å². The third-order valence-electron chi connectivity index (χ3n) is 11.8. The number of carbonyl (C=O) groups excluding carboxylic acids is 6. The molecule has 0 aromatic heterocycles. The molecule has 2 aliphatic heterocycles. The van der Waals surface area contributed by atoms with E-state index in [-0.39, 0.29) is 42.1 Å². The van der Waals surface area contributed by atoms with Crippen molar-refractivity contribution in [1.29, 1.82) is 0 Å². The molecule has 0 unspecified atom stereocenters. The van der Waals surface area contributed by atoms with E-state index in [4.69, 9.17) is 4.79 Å². The molecule has 58 heavy (non-hydrogen) atoms. The largest absolute Gasteiger partial charge is 0.343 e. The van der Waals surface area contributed by atoms with Crippen LogP contribution in [0.15, 0.2) is 12.1 Å². The Hall–Kier alpha value is -4.79. The molecular formula is C43H68N6O8S. The van der Waals surface area contributed by atoms with Crippen molar-refractivity contribution in [2.45, 2.75) is 122 Å². The van der Waals surface area contributed by atoms with E-state index in [1.54, 1.807) is 11.9 Å². The number of nitrogens with zero attached hydrogens (tertiary/aromatic N) is 2. The number of rotatable bonds is 11. The highest BCUT2D eigenvalue weighted by molar-refractivity contribution is 7.90. The fourth-order valence-corrected chi connectivity index (χ4v) is 9.60. The molecule has 4 N–H and O–H groups in total. The van der Waals surface area contributed by atoms with Gasteiger partial charge in [-0.1, -0.05) is 12.1 Å². The molecule has 2 aromatic rings. The van der Waals surface area contributed by atoms with Gasteiger partial charge < -0.3 is 35.3 Å². The van der Waals surface area contributed by atoms with Crippen LogP contribution in [-0.2, 0) is 80.6 Å². The monoisotopic (exact) mass is 828 g/mol. The van der Waals surface area contributed by atoms with Gasteiger partial charge in [-0.3, -0.25) is 9.59 Å². The number of urea groups is 2. The molecule has 2 aromatic carbocycles. The van der Waals surface area contributed by atoms with E-state index in [0.29, 0.717) is 19.3 Å².